The molecule has 0 aliphatic rings. The molecule has 0 aliphatic heterocycles. The Balaban J connectivity index is 2.11. The van der Waals surface area contributed by atoms with Gasteiger partial charge in [-0.05, 0) is 30.9 Å². The molecule has 1 amide bonds. The van der Waals surface area contributed by atoms with E-state index in [1.165, 1.54) is 7.05 Å². The molecule has 2 rings (SSSR count). The van der Waals surface area contributed by atoms with Crippen LogP contribution >= 0.6 is 11.8 Å². The Kier molecular flexibility index (Phi) is 6.33. The van der Waals surface area contributed by atoms with Crippen LogP contribution in [0.15, 0.2) is 29.4 Å². The first-order valence-electron chi connectivity index (χ1n) is 8.18. The van der Waals surface area contributed by atoms with E-state index in [0.29, 0.717) is 5.69 Å². The predicted octanol–water partition coefficient (Wildman–Crippen LogP) is 4.47. The minimum atomic E-state index is -4.58. The maximum atomic E-state index is 12.8. The van der Waals surface area contributed by atoms with E-state index in [0.717, 1.165) is 28.3 Å². The van der Waals surface area contributed by atoms with E-state index in [2.05, 4.69) is 29.4 Å². The van der Waals surface area contributed by atoms with Crippen molar-refractivity contribution in [3.05, 3.63) is 35.7 Å². The van der Waals surface area contributed by atoms with Crippen LogP contribution in [0.5, 0.6) is 0 Å². The van der Waals surface area contributed by atoms with Gasteiger partial charge in [-0.3, -0.25) is 4.79 Å². The number of hydrogen-bond acceptors (Lipinski definition) is 4. The summed E-state index contributed by atoms with van der Waals surface area (Å²) in [5.74, 6) is -1.11. The van der Waals surface area contributed by atoms with Crippen molar-refractivity contribution in [3.63, 3.8) is 0 Å². The van der Waals surface area contributed by atoms with Gasteiger partial charge in [-0.15, -0.1) is 10.2 Å². The third kappa shape index (κ3) is 4.57. The second-order valence-corrected chi connectivity index (χ2v) is 7.32. The fourth-order valence-electron chi connectivity index (χ4n) is 2.37. The molecule has 1 heterocycles. The van der Waals surface area contributed by atoms with Gasteiger partial charge in [0, 0.05) is 12.7 Å². The van der Waals surface area contributed by atoms with Crippen molar-refractivity contribution >= 4 is 23.4 Å². The van der Waals surface area contributed by atoms with Crippen LogP contribution in [-0.2, 0) is 18.0 Å². The van der Waals surface area contributed by atoms with Crippen LogP contribution in [0.1, 0.15) is 44.5 Å². The summed E-state index contributed by atoms with van der Waals surface area (Å²) in [5, 5.41) is 8.98. The number of aromatic nitrogens is 3. The summed E-state index contributed by atoms with van der Waals surface area (Å²) in [4.78, 5) is 12.5. The average molecular weight is 386 g/mol. The van der Waals surface area contributed by atoms with E-state index in [4.69, 9.17) is 0 Å². The Labute approximate surface area is 154 Å². The van der Waals surface area contributed by atoms with E-state index in [9.17, 15) is 18.0 Å². The van der Waals surface area contributed by atoms with Crippen molar-refractivity contribution < 1.29 is 18.0 Å². The highest BCUT2D eigenvalue weighted by Gasteiger charge is 2.38. The molecule has 0 saturated carbocycles. The molecule has 0 unspecified atom stereocenters. The van der Waals surface area contributed by atoms with Crippen LogP contribution < -0.4 is 5.32 Å². The van der Waals surface area contributed by atoms with Crippen LogP contribution in [0.3, 0.4) is 0 Å². The fraction of sp³-hybridized carbons (Fsp3) is 0.471. The highest BCUT2D eigenvalue weighted by Crippen LogP contribution is 2.31. The van der Waals surface area contributed by atoms with Crippen LogP contribution in [0, 0.1) is 0 Å². The minimum Gasteiger partial charge on any atom is -0.325 e. The number of alkyl halides is 3. The summed E-state index contributed by atoms with van der Waals surface area (Å²) in [7, 11) is 1.23. The van der Waals surface area contributed by atoms with Crippen molar-refractivity contribution in [3.8, 4) is 0 Å². The first kappa shape index (κ1) is 20.3. The van der Waals surface area contributed by atoms with Crippen LogP contribution in [0.4, 0.5) is 18.9 Å². The summed E-state index contributed by atoms with van der Waals surface area (Å²) >= 11 is 0.932. The normalized spacial score (nSPS) is 14.1. The van der Waals surface area contributed by atoms with Crippen molar-refractivity contribution in [1.29, 1.82) is 0 Å². The number of amides is 1. The topological polar surface area (TPSA) is 59.8 Å². The molecule has 1 aromatic heterocycles. The molecule has 9 heteroatoms. The Morgan fingerprint density at radius 3 is 2.50 bits per heavy atom. The average Bonchev–Trinajstić information content (AvgIpc) is 2.95. The predicted molar refractivity (Wildman–Crippen MR) is 95.1 cm³/mol. The van der Waals surface area contributed by atoms with Crippen LogP contribution in [0.25, 0.3) is 0 Å². The molecule has 0 saturated heterocycles. The zero-order valence-corrected chi connectivity index (χ0v) is 15.8. The number of thioether (sulfide) groups is 1. The number of halogens is 3. The van der Waals surface area contributed by atoms with E-state index in [1.54, 1.807) is 6.92 Å². The van der Waals surface area contributed by atoms with Gasteiger partial charge in [0.2, 0.25) is 11.7 Å². The molecular weight excluding hydrogens is 365 g/mol. The third-order valence-corrected chi connectivity index (χ3v) is 5.24. The number of benzene rings is 1. The molecule has 2 aromatic rings. The zero-order valence-electron chi connectivity index (χ0n) is 15.0. The van der Waals surface area contributed by atoms with E-state index < -0.39 is 17.3 Å². The van der Waals surface area contributed by atoms with Crippen molar-refractivity contribution in [2.45, 2.75) is 49.7 Å². The Morgan fingerprint density at radius 1 is 1.27 bits per heavy atom. The molecule has 1 N–H and O–H groups in total. The highest BCUT2D eigenvalue weighted by molar-refractivity contribution is 8.00. The summed E-state index contributed by atoms with van der Waals surface area (Å²) in [6.07, 6.45) is -3.66. The van der Waals surface area contributed by atoms with Gasteiger partial charge in [-0.2, -0.15) is 13.2 Å². The number of nitrogens with one attached hydrogen (secondary N) is 1. The van der Waals surface area contributed by atoms with Gasteiger partial charge < -0.3 is 9.88 Å². The molecule has 5 nitrogen and oxygen atoms in total. The SMILES string of the molecule is CC[C@H](C)c1ccccc1NC(=O)[C@@H](C)Sc1nnc(C(F)(F)F)n1C. The van der Waals surface area contributed by atoms with E-state index in [1.807, 2.05) is 24.3 Å². The molecule has 0 fully saturated rings. The molecule has 0 radical (unpaired) electrons. The van der Waals surface area contributed by atoms with Gasteiger partial charge in [0.25, 0.3) is 0 Å². The number of para-hydroxylation sites is 1. The molecule has 26 heavy (non-hydrogen) atoms. The summed E-state index contributed by atoms with van der Waals surface area (Å²) in [5.41, 5.74) is 1.74. The van der Waals surface area contributed by atoms with Crippen molar-refractivity contribution in [2.75, 3.05) is 5.32 Å². The van der Waals surface area contributed by atoms with Crippen molar-refractivity contribution in [1.82, 2.24) is 14.8 Å². The fourth-order valence-corrected chi connectivity index (χ4v) is 3.19. The summed E-state index contributed by atoms with van der Waals surface area (Å²) in [6.45, 7) is 5.75. The van der Waals surface area contributed by atoms with Gasteiger partial charge in [-0.25, -0.2) is 0 Å². The van der Waals surface area contributed by atoms with Crippen molar-refractivity contribution in [2.24, 2.45) is 7.05 Å². The summed E-state index contributed by atoms with van der Waals surface area (Å²) in [6, 6.07) is 7.52. The van der Waals surface area contributed by atoms with Gasteiger partial charge in [0.1, 0.15) is 0 Å². The molecule has 0 spiro atoms. The Bertz CT molecular complexity index is 776. The number of hydrogen-bond donors (Lipinski definition) is 1. The quantitative estimate of drug-likeness (QED) is 0.745. The molecule has 1 aromatic carbocycles. The van der Waals surface area contributed by atoms with Crippen LogP contribution in [0.2, 0.25) is 0 Å². The second kappa shape index (κ2) is 8.11. The second-order valence-electron chi connectivity index (χ2n) is 6.01. The number of anilines is 1. The van der Waals surface area contributed by atoms with E-state index >= 15 is 0 Å². The highest BCUT2D eigenvalue weighted by atomic mass is 32.2. The third-order valence-electron chi connectivity index (χ3n) is 4.10. The first-order valence-corrected chi connectivity index (χ1v) is 9.06. The molecule has 142 valence electrons. The molecule has 0 aliphatic carbocycles. The molecule has 2 atom stereocenters. The smallest absolute Gasteiger partial charge is 0.325 e. The molecular formula is C17H21F3N4OS. The lowest BCUT2D eigenvalue weighted by molar-refractivity contribution is -0.147. The summed E-state index contributed by atoms with van der Waals surface area (Å²) < 4.78 is 39.2. The van der Waals surface area contributed by atoms with Gasteiger partial charge in [0.05, 0.1) is 5.25 Å². The number of carbonyl (C=O) groups excluding carboxylic acids is 1. The van der Waals surface area contributed by atoms with Crippen LogP contribution in [-0.4, -0.2) is 25.9 Å². The van der Waals surface area contributed by atoms with Gasteiger partial charge >= 0.3 is 6.18 Å². The minimum absolute atomic E-state index is 0.0372. The lowest BCUT2D eigenvalue weighted by Crippen LogP contribution is -2.24. The zero-order chi connectivity index (χ0) is 19.5. The maximum absolute atomic E-state index is 12.8. The number of rotatable bonds is 6. The largest absolute Gasteiger partial charge is 0.451 e. The lowest BCUT2D eigenvalue weighted by atomic mass is 9.97. The van der Waals surface area contributed by atoms with Gasteiger partial charge in [0.15, 0.2) is 5.16 Å². The Morgan fingerprint density at radius 2 is 1.92 bits per heavy atom. The molecule has 0 bridgehead atoms. The van der Waals surface area contributed by atoms with Gasteiger partial charge in [-0.1, -0.05) is 43.8 Å². The monoisotopic (exact) mass is 386 g/mol. The maximum Gasteiger partial charge on any atom is 0.451 e. The number of nitrogens with zero attached hydrogens (tertiary/aromatic N) is 3. The standard InChI is InChI=1S/C17H21F3N4OS/c1-5-10(2)12-8-6-7-9-13(12)21-14(25)11(3)26-16-23-22-15(24(16)4)17(18,19)20/h6-11H,5H2,1-4H3,(H,21,25)/t10-,11+/m0/s1. The Hall–Kier alpha value is -2.03. The number of carbonyl (C=O) groups is 1. The van der Waals surface area contributed by atoms with E-state index in [-0.39, 0.29) is 17.0 Å². The first-order chi connectivity index (χ1) is 12.1. The lowest BCUT2D eigenvalue weighted by Gasteiger charge is -2.17.